The lowest BCUT2D eigenvalue weighted by Crippen LogP contribution is -2.39. The van der Waals surface area contributed by atoms with Crippen LogP contribution in [0.15, 0.2) is 18.2 Å². The first kappa shape index (κ1) is 13.8. The predicted molar refractivity (Wildman–Crippen MR) is 71.3 cm³/mol. The number of hydrogen-bond donors (Lipinski definition) is 2. The molecule has 1 aliphatic heterocycles. The lowest BCUT2D eigenvalue weighted by Gasteiger charge is -2.33. The fourth-order valence-corrected chi connectivity index (χ4v) is 2.11. The number of nitrogen functional groups attached to an aromatic ring is 1. The molecule has 1 aromatic rings. The van der Waals surface area contributed by atoms with Crippen molar-refractivity contribution in [2.24, 2.45) is 5.41 Å². The van der Waals surface area contributed by atoms with Crippen molar-refractivity contribution in [1.29, 1.82) is 0 Å². The molecule has 1 aliphatic rings. The number of nitrogens with two attached hydrogens (primary N) is 1. The van der Waals surface area contributed by atoms with Gasteiger partial charge in [-0.2, -0.15) is 0 Å². The van der Waals surface area contributed by atoms with Gasteiger partial charge >= 0.3 is 0 Å². The lowest BCUT2D eigenvalue weighted by atomic mass is 9.82. The molecule has 1 amide bonds. The maximum atomic E-state index is 13.3. The molecule has 0 spiro atoms. The number of rotatable bonds is 3. The molecule has 0 aromatic heterocycles. The molecule has 1 heterocycles. The van der Waals surface area contributed by atoms with Crippen molar-refractivity contribution in [2.75, 3.05) is 25.5 Å². The van der Waals surface area contributed by atoms with Gasteiger partial charge in [-0.3, -0.25) is 4.79 Å². The van der Waals surface area contributed by atoms with Crippen LogP contribution in [0.4, 0.5) is 10.1 Å². The Bertz CT molecular complexity index is 471. The Hall–Kier alpha value is -1.62. The van der Waals surface area contributed by atoms with Gasteiger partial charge < -0.3 is 15.8 Å². The minimum Gasteiger partial charge on any atom is -0.396 e. The summed E-state index contributed by atoms with van der Waals surface area (Å²) in [5.41, 5.74) is 5.78. The second-order valence-corrected chi connectivity index (χ2v) is 5.34. The van der Waals surface area contributed by atoms with E-state index in [2.05, 4.69) is 12.2 Å². The third-order valence-corrected chi connectivity index (χ3v) is 3.64. The van der Waals surface area contributed by atoms with Gasteiger partial charge in [0.1, 0.15) is 5.82 Å². The molecule has 0 aliphatic carbocycles. The zero-order chi connectivity index (χ0) is 13.9. The fraction of sp³-hybridized carbons (Fsp3) is 0.500. The van der Waals surface area contributed by atoms with E-state index in [9.17, 15) is 9.18 Å². The average Bonchev–Trinajstić information content (AvgIpc) is 2.40. The smallest absolute Gasteiger partial charge is 0.251 e. The summed E-state index contributed by atoms with van der Waals surface area (Å²) in [7, 11) is 0. The summed E-state index contributed by atoms with van der Waals surface area (Å²) < 4.78 is 18.6. The van der Waals surface area contributed by atoms with Crippen molar-refractivity contribution in [2.45, 2.75) is 19.8 Å². The SMILES string of the molecule is CC1(CNC(=O)c2ccc(N)c(F)c2)CCOCC1. The second-order valence-electron chi connectivity index (χ2n) is 5.34. The van der Waals surface area contributed by atoms with E-state index in [1.54, 1.807) is 0 Å². The molecular weight excluding hydrogens is 247 g/mol. The zero-order valence-corrected chi connectivity index (χ0v) is 11.0. The number of anilines is 1. The molecular formula is C14H19FN2O2. The largest absolute Gasteiger partial charge is 0.396 e. The van der Waals surface area contributed by atoms with Crippen molar-refractivity contribution in [3.8, 4) is 0 Å². The van der Waals surface area contributed by atoms with Gasteiger partial charge in [0.25, 0.3) is 5.91 Å². The number of nitrogens with one attached hydrogen (secondary N) is 1. The van der Waals surface area contributed by atoms with E-state index in [-0.39, 0.29) is 17.0 Å². The Balaban J connectivity index is 1.95. The molecule has 0 bridgehead atoms. The Kier molecular flexibility index (Phi) is 4.04. The van der Waals surface area contributed by atoms with Crippen LogP contribution < -0.4 is 11.1 Å². The Morgan fingerprint density at radius 2 is 2.16 bits per heavy atom. The van der Waals surface area contributed by atoms with E-state index in [1.807, 2.05) is 0 Å². The molecule has 0 radical (unpaired) electrons. The summed E-state index contributed by atoms with van der Waals surface area (Å²) in [6.45, 7) is 4.15. The second kappa shape index (κ2) is 5.57. The van der Waals surface area contributed by atoms with Gasteiger partial charge in [-0.25, -0.2) is 4.39 Å². The first-order valence-electron chi connectivity index (χ1n) is 6.41. The van der Waals surface area contributed by atoms with E-state index < -0.39 is 5.82 Å². The molecule has 19 heavy (non-hydrogen) atoms. The minimum atomic E-state index is -0.565. The highest BCUT2D eigenvalue weighted by atomic mass is 19.1. The molecule has 104 valence electrons. The molecule has 5 heteroatoms. The maximum absolute atomic E-state index is 13.3. The maximum Gasteiger partial charge on any atom is 0.251 e. The summed E-state index contributed by atoms with van der Waals surface area (Å²) in [6, 6.07) is 4.09. The standard InChI is InChI=1S/C14H19FN2O2/c1-14(4-6-19-7-5-14)9-17-13(18)10-2-3-12(16)11(15)8-10/h2-3,8H,4-7,9,16H2,1H3,(H,17,18). The summed E-state index contributed by atoms with van der Waals surface area (Å²) >= 11 is 0. The summed E-state index contributed by atoms with van der Waals surface area (Å²) in [5, 5.41) is 2.85. The van der Waals surface area contributed by atoms with Crippen molar-refractivity contribution in [1.82, 2.24) is 5.32 Å². The van der Waals surface area contributed by atoms with E-state index in [0.717, 1.165) is 32.1 Å². The minimum absolute atomic E-state index is 0.0490. The highest BCUT2D eigenvalue weighted by Crippen LogP contribution is 2.28. The van der Waals surface area contributed by atoms with Crippen molar-refractivity contribution < 1.29 is 13.9 Å². The third-order valence-electron chi connectivity index (χ3n) is 3.64. The van der Waals surface area contributed by atoms with Gasteiger partial charge in [-0.05, 0) is 36.5 Å². The lowest BCUT2D eigenvalue weighted by molar-refractivity contribution is 0.0238. The van der Waals surface area contributed by atoms with Crippen molar-refractivity contribution >= 4 is 11.6 Å². The summed E-state index contributed by atoms with van der Waals surface area (Å²) in [4.78, 5) is 11.9. The van der Waals surface area contributed by atoms with Gasteiger partial charge in [0.15, 0.2) is 0 Å². The van der Waals surface area contributed by atoms with E-state index in [4.69, 9.17) is 10.5 Å². The first-order chi connectivity index (χ1) is 9.00. The molecule has 0 saturated carbocycles. The molecule has 2 rings (SSSR count). The van der Waals surface area contributed by atoms with E-state index >= 15 is 0 Å². The van der Waals surface area contributed by atoms with Crippen LogP contribution in [0.1, 0.15) is 30.1 Å². The monoisotopic (exact) mass is 266 g/mol. The van der Waals surface area contributed by atoms with Crippen LogP contribution >= 0.6 is 0 Å². The van der Waals surface area contributed by atoms with Crippen LogP contribution in [-0.4, -0.2) is 25.7 Å². The molecule has 0 unspecified atom stereocenters. The van der Waals surface area contributed by atoms with Crippen LogP contribution in [0.25, 0.3) is 0 Å². The van der Waals surface area contributed by atoms with Gasteiger partial charge in [-0.1, -0.05) is 6.92 Å². The van der Waals surface area contributed by atoms with Crippen LogP contribution in [0.5, 0.6) is 0 Å². The van der Waals surface area contributed by atoms with Crippen LogP contribution in [0, 0.1) is 11.2 Å². The number of carbonyl (C=O) groups is 1. The number of amides is 1. The number of ether oxygens (including phenoxy) is 1. The van der Waals surface area contributed by atoms with Crippen LogP contribution in [0.3, 0.4) is 0 Å². The molecule has 0 atom stereocenters. The van der Waals surface area contributed by atoms with Crippen LogP contribution in [-0.2, 0) is 4.74 Å². The summed E-state index contributed by atoms with van der Waals surface area (Å²) in [5.74, 6) is -0.837. The molecule has 3 N–H and O–H groups in total. The van der Waals surface area contributed by atoms with E-state index in [1.165, 1.54) is 12.1 Å². The molecule has 1 aromatic carbocycles. The van der Waals surface area contributed by atoms with Gasteiger partial charge in [0.2, 0.25) is 0 Å². The normalized spacial score (nSPS) is 18.0. The van der Waals surface area contributed by atoms with Gasteiger partial charge in [-0.15, -0.1) is 0 Å². The summed E-state index contributed by atoms with van der Waals surface area (Å²) in [6.07, 6.45) is 1.84. The first-order valence-corrected chi connectivity index (χ1v) is 6.41. The van der Waals surface area contributed by atoms with Gasteiger partial charge in [0, 0.05) is 25.3 Å². The van der Waals surface area contributed by atoms with Crippen molar-refractivity contribution in [3.63, 3.8) is 0 Å². The number of hydrogen-bond acceptors (Lipinski definition) is 3. The quantitative estimate of drug-likeness (QED) is 0.822. The fourth-order valence-electron chi connectivity index (χ4n) is 2.11. The van der Waals surface area contributed by atoms with Crippen molar-refractivity contribution in [3.05, 3.63) is 29.6 Å². The molecule has 4 nitrogen and oxygen atoms in total. The number of halogens is 1. The predicted octanol–water partition coefficient (Wildman–Crippen LogP) is 1.95. The van der Waals surface area contributed by atoms with Gasteiger partial charge in [0.05, 0.1) is 5.69 Å². The molecule has 1 saturated heterocycles. The molecule has 1 fully saturated rings. The van der Waals surface area contributed by atoms with Crippen LogP contribution in [0.2, 0.25) is 0 Å². The number of carbonyl (C=O) groups excluding carboxylic acids is 1. The average molecular weight is 266 g/mol. The highest BCUT2D eigenvalue weighted by molar-refractivity contribution is 5.94. The zero-order valence-electron chi connectivity index (χ0n) is 11.0. The Morgan fingerprint density at radius 1 is 1.47 bits per heavy atom. The number of benzene rings is 1. The topological polar surface area (TPSA) is 64.4 Å². The Labute approximate surface area is 112 Å². The van der Waals surface area contributed by atoms with E-state index in [0.29, 0.717) is 12.1 Å². The third kappa shape index (κ3) is 3.44. The Morgan fingerprint density at radius 3 is 2.79 bits per heavy atom. The highest BCUT2D eigenvalue weighted by Gasteiger charge is 2.27.